The van der Waals surface area contributed by atoms with Gasteiger partial charge in [-0.25, -0.2) is 4.98 Å². The van der Waals surface area contributed by atoms with Crippen molar-refractivity contribution in [2.45, 2.75) is 32.9 Å². The molecule has 0 radical (unpaired) electrons. The number of nitrogens with zero attached hydrogens (tertiary/aromatic N) is 5. The van der Waals surface area contributed by atoms with Crippen LogP contribution in [-0.4, -0.2) is 37.3 Å². The molecule has 1 N–H and O–H groups in total. The number of hydrogen-bond acceptors (Lipinski definition) is 7. The zero-order chi connectivity index (χ0) is 24.4. The Hall–Kier alpha value is -4.47. The fraction of sp³-hybridized carbons (Fsp3) is 0.240. The Morgan fingerprint density at radius 3 is 2.77 bits per heavy atom. The van der Waals surface area contributed by atoms with E-state index in [0.717, 1.165) is 11.8 Å². The second-order valence-electron chi connectivity index (χ2n) is 8.11. The molecule has 1 amide bonds. The van der Waals surface area contributed by atoms with Crippen molar-refractivity contribution in [3.63, 3.8) is 0 Å². The van der Waals surface area contributed by atoms with Gasteiger partial charge in [-0.15, -0.1) is 0 Å². The molecule has 0 bridgehead atoms. The minimum atomic E-state index is -0.312. The maximum atomic E-state index is 13.6. The number of carbonyl (C=O) groups excluding carboxylic acids is 1. The van der Waals surface area contributed by atoms with Gasteiger partial charge in [-0.05, 0) is 36.8 Å². The minimum Gasteiger partial charge on any atom is -0.497 e. The maximum Gasteiger partial charge on any atom is 0.278 e. The van der Waals surface area contributed by atoms with Crippen LogP contribution in [0, 0.1) is 0 Å². The molecule has 10 heteroatoms. The molecule has 0 aliphatic carbocycles. The number of benzene rings is 2. The number of aromatic nitrogens is 5. The van der Waals surface area contributed by atoms with Gasteiger partial charge in [0.05, 0.1) is 19.0 Å². The number of anilines is 1. The summed E-state index contributed by atoms with van der Waals surface area (Å²) in [5, 5.41) is 7.55. The lowest BCUT2D eigenvalue weighted by molar-refractivity contribution is -0.116. The van der Waals surface area contributed by atoms with E-state index in [-0.39, 0.29) is 24.6 Å². The lowest BCUT2D eigenvalue weighted by Gasteiger charge is -2.09. The number of para-hydroxylation sites is 1. The molecule has 10 nitrogen and oxygen atoms in total. The normalized spacial score (nSPS) is 11.3. The van der Waals surface area contributed by atoms with E-state index in [1.54, 1.807) is 29.9 Å². The summed E-state index contributed by atoms with van der Waals surface area (Å²) < 4.78 is 13.8. The highest BCUT2D eigenvalue weighted by Crippen LogP contribution is 2.29. The van der Waals surface area contributed by atoms with Crippen molar-refractivity contribution in [1.29, 1.82) is 0 Å². The van der Waals surface area contributed by atoms with Crippen LogP contribution in [0.25, 0.3) is 21.9 Å². The molecule has 3 aromatic heterocycles. The van der Waals surface area contributed by atoms with Crippen LogP contribution < -0.4 is 15.6 Å². The van der Waals surface area contributed by atoms with Crippen LogP contribution in [0.2, 0.25) is 0 Å². The van der Waals surface area contributed by atoms with Crippen molar-refractivity contribution in [3.05, 3.63) is 76.9 Å². The summed E-state index contributed by atoms with van der Waals surface area (Å²) in [5.74, 6) is 1.29. The molecule has 0 aliphatic rings. The standard InChI is InChI=1S/C25H24N6O4/c1-3-7-20-28-22(35-29-20)14-30-15-26-23-18-12-17(34-2)10-11-19(18)31(24(23)25(30)33)13-21(32)27-16-8-5-4-6-9-16/h4-6,8-12,15H,3,7,13-14H2,1-2H3,(H,27,32). The van der Waals surface area contributed by atoms with Crippen LogP contribution in [0.15, 0.2) is 64.2 Å². The molecule has 0 spiro atoms. The average Bonchev–Trinajstić information content (AvgIpc) is 3.43. The van der Waals surface area contributed by atoms with Crippen molar-refractivity contribution < 1.29 is 14.1 Å². The number of fused-ring (bicyclic) bond motifs is 3. The van der Waals surface area contributed by atoms with E-state index >= 15 is 0 Å². The molecule has 3 heterocycles. The summed E-state index contributed by atoms with van der Waals surface area (Å²) in [5.41, 5.74) is 1.87. The van der Waals surface area contributed by atoms with E-state index in [1.165, 1.54) is 10.9 Å². The number of amides is 1. The topological polar surface area (TPSA) is 117 Å². The van der Waals surface area contributed by atoms with E-state index in [1.807, 2.05) is 37.3 Å². The molecular weight excluding hydrogens is 448 g/mol. The quantitative estimate of drug-likeness (QED) is 0.368. The minimum absolute atomic E-state index is 0.0661. The summed E-state index contributed by atoms with van der Waals surface area (Å²) in [6.07, 6.45) is 3.05. The molecule has 35 heavy (non-hydrogen) atoms. The first-order valence-corrected chi connectivity index (χ1v) is 11.3. The van der Waals surface area contributed by atoms with Crippen LogP contribution in [0.3, 0.4) is 0 Å². The third kappa shape index (κ3) is 4.37. The first kappa shape index (κ1) is 22.3. The van der Waals surface area contributed by atoms with Crippen LogP contribution in [0.4, 0.5) is 5.69 Å². The molecule has 5 rings (SSSR count). The first-order chi connectivity index (χ1) is 17.1. The number of methoxy groups -OCH3 is 1. The first-order valence-electron chi connectivity index (χ1n) is 11.3. The lowest BCUT2D eigenvalue weighted by atomic mass is 10.2. The van der Waals surface area contributed by atoms with E-state index in [4.69, 9.17) is 9.26 Å². The molecule has 0 fully saturated rings. The predicted octanol–water partition coefficient (Wildman–Crippen LogP) is 3.38. The van der Waals surface area contributed by atoms with Crippen molar-refractivity contribution in [1.82, 2.24) is 24.3 Å². The average molecular weight is 473 g/mol. The predicted molar refractivity (Wildman–Crippen MR) is 131 cm³/mol. The van der Waals surface area contributed by atoms with E-state index < -0.39 is 0 Å². The van der Waals surface area contributed by atoms with Gasteiger partial charge in [-0.1, -0.05) is 30.3 Å². The second-order valence-corrected chi connectivity index (χ2v) is 8.11. The van der Waals surface area contributed by atoms with Crippen LogP contribution in [-0.2, 0) is 24.3 Å². The van der Waals surface area contributed by atoms with E-state index in [2.05, 4.69) is 20.4 Å². The largest absolute Gasteiger partial charge is 0.497 e. The van der Waals surface area contributed by atoms with Gasteiger partial charge in [0.2, 0.25) is 11.8 Å². The summed E-state index contributed by atoms with van der Waals surface area (Å²) in [6, 6.07) is 14.6. The van der Waals surface area contributed by atoms with Gasteiger partial charge in [0, 0.05) is 17.5 Å². The highest BCUT2D eigenvalue weighted by molar-refractivity contribution is 6.07. The summed E-state index contributed by atoms with van der Waals surface area (Å²) >= 11 is 0. The Morgan fingerprint density at radius 2 is 2.00 bits per heavy atom. The number of aryl methyl sites for hydroxylation is 1. The Balaban J connectivity index is 1.59. The summed E-state index contributed by atoms with van der Waals surface area (Å²) in [7, 11) is 1.57. The fourth-order valence-electron chi connectivity index (χ4n) is 4.07. The number of ether oxygens (including phenoxy) is 1. The fourth-order valence-corrected chi connectivity index (χ4v) is 4.07. The smallest absolute Gasteiger partial charge is 0.278 e. The van der Waals surface area contributed by atoms with Crippen molar-refractivity contribution >= 4 is 33.5 Å². The van der Waals surface area contributed by atoms with E-state index in [0.29, 0.717) is 46.1 Å². The number of nitrogens with one attached hydrogen (secondary N) is 1. The molecule has 0 atom stereocenters. The molecule has 0 unspecified atom stereocenters. The van der Waals surface area contributed by atoms with E-state index in [9.17, 15) is 9.59 Å². The van der Waals surface area contributed by atoms with Gasteiger partial charge in [-0.3, -0.25) is 14.2 Å². The van der Waals surface area contributed by atoms with Gasteiger partial charge in [-0.2, -0.15) is 4.98 Å². The van der Waals surface area contributed by atoms with Crippen molar-refractivity contribution in [2.24, 2.45) is 0 Å². The Kier molecular flexibility index (Phi) is 6.01. The van der Waals surface area contributed by atoms with Gasteiger partial charge in [0.25, 0.3) is 5.56 Å². The molecule has 0 saturated heterocycles. The summed E-state index contributed by atoms with van der Waals surface area (Å²) in [4.78, 5) is 35.4. The zero-order valence-corrected chi connectivity index (χ0v) is 19.4. The SMILES string of the molecule is CCCc1noc(Cn2cnc3c4cc(OC)ccc4n(CC(=O)Nc4ccccc4)c3c2=O)n1. The number of rotatable bonds is 8. The Bertz CT molecular complexity index is 1570. The number of carbonyl (C=O) groups is 1. The highest BCUT2D eigenvalue weighted by atomic mass is 16.5. The van der Waals surface area contributed by atoms with Gasteiger partial charge >= 0.3 is 0 Å². The van der Waals surface area contributed by atoms with Crippen LogP contribution in [0.1, 0.15) is 25.1 Å². The van der Waals surface area contributed by atoms with Crippen molar-refractivity contribution in [2.75, 3.05) is 12.4 Å². The molecule has 0 aliphatic heterocycles. The summed E-state index contributed by atoms with van der Waals surface area (Å²) in [6.45, 7) is 2.04. The zero-order valence-electron chi connectivity index (χ0n) is 19.4. The maximum absolute atomic E-state index is 13.6. The molecule has 5 aromatic rings. The second kappa shape index (κ2) is 9.41. The van der Waals surface area contributed by atoms with Gasteiger partial charge < -0.3 is 19.1 Å². The monoisotopic (exact) mass is 472 g/mol. The third-order valence-electron chi connectivity index (χ3n) is 5.68. The molecule has 2 aromatic carbocycles. The Morgan fingerprint density at radius 1 is 1.17 bits per heavy atom. The lowest BCUT2D eigenvalue weighted by Crippen LogP contribution is -2.25. The molecule has 0 saturated carbocycles. The van der Waals surface area contributed by atoms with Crippen LogP contribution in [0.5, 0.6) is 5.75 Å². The number of hydrogen-bond donors (Lipinski definition) is 1. The van der Waals surface area contributed by atoms with Gasteiger partial charge in [0.1, 0.15) is 29.9 Å². The highest BCUT2D eigenvalue weighted by Gasteiger charge is 2.20. The third-order valence-corrected chi connectivity index (χ3v) is 5.68. The van der Waals surface area contributed by atoms with Crippen LogP contribution >= 0.6 is 0 Å². The van der Waals surface area contributed by atoms with Gasteiger partial charge in [0.15, 0.2) is 5.82 Å². The van der Waals surface area contributed by atoms with Crippen molar-refractivity contribution in [3.8, 4) is 5.75 Å². The Labute approximate surface area is 200 Å². The molecular formula is C25H24N6O4. The molecule has 178 valence electrons.